The first-order valence-electron chi connectivity index (χ1n) is 7.21. The van der Waals surface area contributed by atoms with Crippen LogP contribution in [-0.2, 0) is 5.67 Å². The number of anilines is 1. The number of aliphatic hydroxyl groups is 1. The molecule has 0 spiro atoms. The monoisotopic (exact) mass is 277 g/mol. The van der Waals surface area contributed by atoms with E-state index < -0.39 is 5.67 Å². The van der Waals surface area contributed by atoms with Crippen LogP contribution in [0.5, 0.6) is 0 Å². The minimum atomic E-state index is -1.37. The molecule has 1 aliphatic heterocycles. The van der Waals surface area contributed by atoms with E-state index in [1.807, 2.05) is 19.1 Å². The molecule has 0 radical (unpaired) electrons. The molecule has 1 aromatic carbocycles. The van der Waals surface area contributed by atoms with Crippen LogP contribution < -0.4 is 4.90 Å². The first-order chi connectivity index (χ1) is 9.27. The van der Waals surface area contributed by atoms with E-state index in [9.17, 15) is 9.50 Å². The average Bonchev–Trinajstić information content (AvgIpc) is 2.38. The van der Waals surface area contributed by atoms with Gasteiger partial charge in [0.25, 0.3) is 0 Å². The predicted molar refractivity (Wildman–Crippen MR) is 82.7 cm³/mol. The number of hydrogen-bond acceptors (Lipinski definition) is 2. The molecule has 1 saturated heterocycles. The molecule has 20 heavy (non-hydrogen) atoms. The van der Waals surface area contributed by atoms with Crippen LogP contribution in [0.4, 0.5) is 10.1 Å². The summed E-state index contributed by atoms with van der Waals surface area (Å²) in [5, 5.41) is 9.60. The molecule has 1 N–H and O–H groups in total. The third-order valence-electron chi connectivity index (χ3n) is 3.93. The second-order valence-electron chi connectivity index (χ2n) is 6.24. The number of piperidine rings is 1. The molecule has 1 fully saturated rings. The second kappa shape index (κ2) is 5.57. The Bertz CT molecular complexity index is 496. The molecule has 2 nitrogen and oxygen atoms in total. The Kier molecular flexibility index (Phi) is 4.19. The molecule has 1 aromatic rings. The Hall–Kier alpha value is -1.35. The predicted octanol–water partition coefficient (Wildman–Crippen LogP) is 3.89. The number of rotatable bonds is 3. The van der Waals surface area contributed by atoms with E-state index in [-0.39, 0.29) is 6.10 Å². The van der Waals surface area contributed by atoms with Crippen LogP contribution >= 0.6 is 0 Å². The van der Waals surface area contributed by atoms with Crippen LogP contribution in [0.15, 0.2) is 24.8 Å². The number of alkyl halides is 1. The van der Waals surface area contributed by atoms with Gasteiger partial charge in [0.1, 0.15) is 5.67 Å². The zero-order valence-electron chi connectivity index (χ0n) is 12.6. The SMILES string of the molecule is C=C(C)c1cc(N2CCC(O)CC2)cc(C(C)(C)F)c1. The lowest BCUT2D eigenvalue weighted by molar-refractivity contribution is 0.145. The molecular weight excluding hydrogens is 253 g/mol. The van der Waals surface area contributed by atoms with Gasteiger partial charge in [-0.1, -0.05) is 12.2 Å². The topological polar surface area (TPSA) is 23.5 Å². The summed E-state index contributed by atoms with van der Waals surface area (Å²) < 4.78 is 14.3. The summed E-state index contributed by atoms with van der Waals surface area (Å²) in [4.78, 5) is 2.22. The van der Waals surface area contributed by atoms with Crippen LogP contribution in [0.2, 0.25) is 0 Å². The molecule has 0 aromatic heterocycles. The summed E-state index contributed by atoms with van der Waals surface area (Å²) >= 11 is 0. The summed E-state index contributed by atoms with van der Waals surface area (Å²) in [5.41, 5.74) is 2.26. The van der Waals surface area contributed by atoms with Gasteiger partial charge in [-0.2, -0.15) is 0 Å². The largest absolute Gasteiger partial charge is 0.393 e. The maximum atomic E-state index is 14.3. The number of nitrogens with zero attached hydrogens (tertiary/aromatic N) is 1. The normalized spacial score (nSPS) is 17.4. The Morgan fingerprint density at radius 1 is 1.30 bits per heavy atom. The minimum absolute atomic E-state index is 0.201. The van der Waals surface area contributed by atoms with E-state index in [0.29, 0.717) is 5.56 Å². The minimum Gasteiger partial charge on any atom is -0.393 e. The van der Waals surface area contributed by atoms with E-state index in [4.69, 9.17) is 0 Å². The van der Waals surface area contributed by atoms with Crippen molar-refractivity contribution in [3.63, 3.8) is 0 Å². The first kappa shape index (κ1) is 15.0. The summed E-state index contributed by atoms with van der Waals surface area (Å²) in [6.07, 6.45) is 1.34. The third-order valence-corrected chi connectivity index (χ3v) is 3.93. The molecule has 1 heterocycles. The van der Waals surface area contributed by atoms with Crippen molar-refractivity contribution < 1.29 is 9.50 Å². The highest BCUT2D eigenvalue weighted by Crippen LogP contribution is 2.32. The van der Waals surface area contributed by atoms with E-state index in [1.54, 1.807) is 13.8 Å². The number of hydrogen-bond donors (Lipinski definition) is 1. The number of benzene rings is 1. The molecule has 0 amide bonds. The van der Waals surface area contributed by atoms with Crippen molar-refractivity contribution in [2.45, 2.75) is 45.4 Å². The number of aliphatic hydroxyl groups excluding tert-OH is 1. The highest BCUT2D eigenvalue weighted by atomic mass is 19.1. The Morgan fingerprint density at radius 2 is 1.90 bits per heavy atom. The van der Waals surface area contributed by atoms with Crippen molar-refractivity contribution in [3.05, 3.63) is 35.9 Å². The van der Waals surface area contributed by atoms with Crippen LogP contribution in [-0.4, -0.2) is 24.3 Å². The molecule has 110 valence electrons. The van der Waals surface area contributed by atoms with Crippen LogP contribution in [0, 0.1) is 0 Å². The quantitative estimate of drug-likeness (QED) is 0.906. The van der Waals surface area contributed by atoms with Crippen LogP contribution in [0.25, 0.3) is 5.57 Å². The van der Waals surface area contributed by atoms with E-state index in [1.165, 1.54) is 0 Å². The van der Waals surface area contributed by atoms with Gasteiger partial charge in [0.2, 0.25) is 0 Å². The third kappa shape index (κ3) is 3.40. The molecular formula is C17H24FNO. The number of allylic oxidation sites excluding steroid dienone is 1. The van der Waals surface area contributed by atoms with Gasteiger partial charge in [-0.25, -0.2) is 4.39 Å². The Morgan fingerprint density at radius 3 is 2.40 bits per heavy atom. The fourth-order valence-corrected chi connectivity index (χ4v) is 2.51. The standard InChI is InChI=1S/C17H24FNO/c1-12(2)13-9-14(17(3,4)18)11-15(10-13)19-7-5-16(20)6-8-19/h9-11,16,20H,1,5-8H2,2-4H3. The van der Waals surface area contributed by atoms with Gasteiger partial charge in [0.05, 0.1) is 6.10 Å². The summed E-state index contributed by atoms with van der Waals surface area (Å²) in [7, 11) is 0. The van der Waals surface area contributed by atoms with Crippen molar-refractivity contribution in [1.82, 2.24) is 0 Å². The van der Waals surface area contributed by atoms with Gasteiger partial charge < -0.3 is 10.0 Å². The molecule has 0 aliphatic carbocycles. The lowest BCUT2D eigenvalue weighted by Gasteiger charge is -2.32. The van der Waals surface area contributed by atoms with Crippen LogP contribution in [0.3, 0.4) is 0 Å². The second-order valence-corrected chi connectivity index (χ2v) is 6.24. The van der Waals surface area contributed by atoms with Crippen LogP contribution in [0.1, 0.15) is 44.7 Å². The fourth-order valence-electron chi connectivity index (χ4n) is 2.51. The molecule has 0 unspecified atom stereocenters. The highest BCUT2D eigenvalue weighted by Gasteiger charge is 2.23. The molecule has 2 rings (SSSR count). The first-order valence-corrected chi connectivity index (χ1v) is 7.21. The van der Waals surface area contributed by atoms with Gasteiger partial charge >= 0.3 is 0 Å². The molecule has 1 aliphatic rings. The van der Waals surface area contributed by atoms with Crippen molar-refractivity contribution >= 4 is 11.3 Å². The Labute approximate surface area is 120 Å². The van der Waals surface area contributed by atoms with Gasteiger partial charge in [0.15, 0.2) is 0 Å². The molecule has 0 saturated carbocycles. The van der Waals surface area contributed by atoms with Gasteiger partial charge in [-0.3, -0.25) is 0 Å². The van der Waals surface area contributed by atoms with Crippen molar-refractivity contribution in [1.29, 1.82) is 0 Å². The zero-order chi connectivity index (χ0) is 14.9. The van der Waals surface area contributed by atoms with Crippen molar-refractivity contribution in [3.8, 4) is 0 Å². The smallest absolute Gasteiger partial charge is 0.130 e. The lowest BCUT2D eigenvalue weighted by Crippen LogP contribution is -2.36. The van der Waals surface area contributed by atoms with E-state index >= 15 is 0 Å². The van der Waals surface area contributed by atoms with Crippen molar-refractivity contribution in [2.24, 2.45) is 0 Å². The Balaban J connectivity index is 2.37. The average molecular weight is 277 g/mol. The summed E-state index contributed by atoms with van der Waals surface area (Å²) in [5.74, 6) is 0. The summed E-state index contributed by atoms with van der Waals surface area (Å²) in [6.45, 7) is 10.7. The molecule has 0 atom stereocenters. The maximum absolute atomic E-state index is 14.3. The molecule has 0 bridgehead atoms. The van der Waals surface area contributed by atoms with E-state index in [0.717, 1.165) is 42.8 Å². The fraction of sp³-hybridized carbons (Fsp3) is 0.529. The van der Waals surface area contributed by atoms with Gasteiger partial charge in [-0.15, -0.1) is 0 Å². The van der Waals surface area contributed by atoms with Gasteiger partial charge in [0, 0.05) is 18.8 Å². The van der Waals surface area contributed by atoms with Crippen molar-refractivity contribution in [2.75, 3.05) is 18.0 Å². The zero-order valence-corrected chi connectivity index (χ0v) is 12.6. The highest BCUT2D eigenvalue weighted by molar-refractivity contribution is 5.67. The summed E-state index contributed by atoms with van der Waals surface area (Å²) in [6, 6.07) is 5.87. The van der Waals surface area contributed by atoms with E-state index in [2.05, 4.69) is 17.5 Å². The number of halogens is 1. The molecule has 3 heteroatoms. The van der Waals surface area contributed by atoms with Gasteiger partial charge in [-0.05, 0) is 62.9 Å². The lowest BCUT2D eigenvalue weighted by atomic mass is 9.94. The maximum Gasteiger partial charge on any atom is 0.130 e.